The number of aliphatic carboxylic acids is 2. The van der Waals surface area contributed by atoms with Crippen molar-refractivity contribution in [2.45, 2.75) is 69.1 Å². The number of amides is 3. The lowest BCUT2D eigenvalue weighted by Crippen LogP contribution is -2.57. The molecule has 0 radical (unpaired) electrons. The molecular formula is C25H40N8O7. The normalized spacial score (nSPS) is 13.7. The maximum absolute atomic E-state index is 13.3. The van der Waals surface area contributed by atoms with Gasteiger partial charge in [0.2, 0.25) is 17.7 Å². The van der Waals surface area contributed by atoms with E-state index in [4.69, 9.17) is 28.0 Å². The highest BCUT2D eigenvalue weighted by atomic mass is 16.4. The van der Waals surface area contributed by atoms with Crippen LogP contribution in [0.3, 0.4) is 0 Å². The van der Waals surface area contributed by atoms with Crippen molar-refractivity contribution in [2.75, 3.05) is 13.1 Å². The Hall–Kier alpha value is -4.24. The number of nitrogens with two attached hydrogens (primary N) is 4. The van der Waals surface area contributed by atoms with E-state index in [1.165, 1.54) is 0 Å². The van der Waals surface area contributed by atoms with Gasteiger partial charge in [0.15, 0.2) is 5.96 Å². The van der Waals surface area contributed by atoms with Gasteiger partial charge in [0.25, 0.3) is 0 Å². The van der Waals surface area contributed by atoms with Gasteiger partial charge in [-0.15, -0.1) is 0 Å². The van der Waals surface area contributed by atoms with Gasteiger partial charge < -0.3 is 49.1 Å². The minimum absolute atomic E-state index is 0.0257. The molecule has 0 aromatic heterocycles. The van der Waals surface area contributed by atoms with Crippen molar-refractivity contribution in [2.24, 2.45) is 27.9 Å². The zero-order chi connectivity index (χ0) is 30.1. The lowest BCUT2D eigenvalue weighted by atomic mass is 10.0. The van der Waals surface area contributed by atoms with Crippen LogP contribution in [0.1, 0.15) is 44.1 Å². The number of unbranched alkanes of at least 4 members (excludes halogenated alkanes) is 1. The molecule has 4 unspecified atom stereocenters. The van der Waals surface area contributed by atoms with Crippen LogP contribution in [0.25, 0.3) is 0 Å². The number of rotatable bonds is 19. The Bertz CT molecular complexity index is 1020. The molecule has 0 bridgehead atoms. The molecule has 3 amide bonds. The third kappa shape index (κ3) is 13.5. The summed E-state index contributed by atoms with van der Waals surface area (Å²) in [5.74, 6) is -5.01. The maximum atomic E-state index is 13.3. The summed E-state index contributed by atoms with van der Waals surface area (Å²) in [6, 6.07) is 3.72. The predicted molar refractivity (Wildman–Crippen MR) is 147 cm³/mol. The molecule has 0 aliphatic carbocycles. The zero-order valence-corrected chi connectivity index (χ0v) is 22.3. The Morgan fingerprint density at radius 3 is 1.95 bits per heavy atom. The molecule has 0 fully saturated rings. The molecule has 0 aliphatic heterocycles. The molecule has 40 heavy (non-hydrogen) atoms. The fraction of sp³-hybridized carbons (Fsp3) is 0.520. The largest absolute Gasteiger partial charge is 0.481 e. The van der Waals surface area contributed by atoms with E-state index in [0.717, 1.165) is 0 Å². The van der Waals surface area contributed by atoms with E-state index < -0.39 is 60.2 Å². The van der Waals surface area contributed by atoms with Crippen LogP contribution >= 0.6 is 0 Å². The molecule has 1 rings (SSSR count). The highest BCUT2D eigenvalue weighted by Gasteiger charge is 2.30. The van der Waals surface area contributed by atoms with Crippen LogP contribution in [-0.2, 0) is 30.4 Å². The Morgan fingerprint density at radius 2 is 1.38 bits per heavy atom. The molecule has 0 saturated heterocycles. The molecule has 13 N–H and O–H groups in total. The fourth-order valence-corrected chi connectivity index (χ4v) is 3.69. The van der Waals surface area contributed by atoms with Crippen molar-refractivity contribution in [3.05, 3.63) is 35.9 Å². The van der Waals surface area contributed by atoms with E-state index in [1.807, 2.05) is 0 Å². The molecular weight excluding hydrogens is 524 g/mol. The lowest BCUT2D eigenvalue weighted by Gasteiger charge is -2.25. The van der Waals surface area contributed by atoms with E-state index in [-0.39, 0.29) is 38.2 Å². The minimum atomic E-state index is -1.40. The number of hydrogen-bond donors (Lipinski definition) is 9. The highest BCUT2D eigenvalue weighted by molar-refractivity contribution is 5.94. The summed E-state index contributed by atoms with van der Waals surface area (Å²) in [5.41, 5.74) is 22.4. The SMILES string of the molecule is NCCCCC(NC(=O)C(Cc1ccccc1)NC(=O)C(N)CC(=O)O)C(=O)NC(CCCN=C(N)N)C(=O)O. The van der Waals surface area contributed by atoms with Gasteiger partial charge in [-0.25, -0.2) is 4.79 Å². The standard InChI is InChI=1S/C25H40N8O7/c26-11-5-4-9-17(22(37)32-18(24(39)40)10-6-12-30-25(28)29)31-23(38)19(13-15-7-2-1-3-8-15)33-21(36)16(27)14-20(34)35/h1-3,7-8,16-19H,4-6,9-14,26-27H2,(H,31,38)(H,32,37)(H,33,36)(H,34,35)(H,39,40)(H4,28,29,30). The molecule has 0 heterocycles. The molecule has 0 spiro atoms. The van der Waals surface area contributed by atoms with Crippen LogP contribution in [0.4, 0.5) is 0 Å². The van der Waals surface area contributed by atoms with Crippen molar-refractivity contribution in [1.29, 1.82) is 0 Å². The highest BCUT2D eigenvalue weighted by Crippen LogP contribution is 2.08. The second-order valence-electron chi connectivity index (χ2n) is 9.15. The van der Waals surface area contributed by atoms with Crippen LogP contribution in [0, 0.1) is 0 Å². The lowest BCUT2D eigenvalue weighted by molar-refractivity contribution is -0.142. The average molecular weight is 565 g/mol. The number of carboxylic acids is 2. The van der Waals surface area contributed by atoms with Gasteiger partial charge in [0.05, 0.1) is 12.5 Å². The zero-order valence-electron chi connectivity index (χ0n) is 22.3. The van der Waals surface area contributed by atoms with Gasteiger partial charge in [-0.3, -0.25) is 24.2 Å². The molecule has 1 aromatic carbocycles. The number of nitrogens with zero attached hydrogens (tertiary/aromatic N) is 1. The van der Waals surface area contributed by atoms with Gasteiger partial charge in [0.1, 0.15) is 18.1 Å². The van der Waals surface area contributed by atoms with E-state index in [0.29, 0.717) is 24.9 Å². The first-order chi connectivity index (χ1) is 18.9. The van der Waals surface area contributed by atoms with Crippen molar-refractivity contribution >= 4 is 35.6 Å². The summed E-state index contributed by atoms with van der Waals surface area (Å²) in [7, 11) is 0. The van der Waals surface area contributed by atoms with Crippen molar-refractivity contribution in [3.8, 4) is 0 Å². The number of carbonyl (C=O) groups is 5. The van der Waals surface area contributed by atoms with Crippen LogP contribution in [-0.4, -0.2) is 83.1 Å². The second-order valence-corrected chi connectivity index (χ2v) is 9.15. The van der Waals surface area contributed by atoms with E-state index in [9.17, 15) is 29.1 Å². The first-order valence-corrected chi connectivity index (χ1v) is 12.8. The van der Waals surface area contributed by atoms with Gasteiger partial charge in [-0.1, -0.05) is 30.3 Å². The minimum Gasteiger partial charge on any atom is -0.481 e. The molecule has 4 atom stereocenters. The summed E-state index contributed by atoms with van der Waals surface area (Å²) in [6.45, 7) is 0.516. The van der Waals surface area contributed by atoms with Crippen LogP contribution in [0.15, 0.2) is 35.3 Å². The number of benzene rings is 1. The van der Waals surface area contributed by atoms with Crippen molar-refractivity contribution in [1.82, 2.24) is 16.0 Å². The molecule has 15 nitrogen and oxygen atoms in total. The van der Waals surface area contributed by atoms with Crippen molar-refractivity contribution < 1.29 is 34.2 Å². The number of hydrogen-bond acceptors (Lipinski definition) is 8. The molecule has 15 heteroatoms. The topological polar surface area (TPSA) is 278 Å². The van der Waals surface area contributed by atoms with Gasteiger partial charge in [0, 0.05) is 13.0 Å². The van der Waals surface area contributed by atoms with Crippen LogP contribution in [0.2, 0.25) is 0 Å². The Balaban J connectivity index is 3.07. The van der Waals surface area contributed by atoms with Gasteiger partial charge in [-0.05, 0) is 44.2 Å². The smallest absolute Gasteiger partial charge is 0.326 e. The number of carboxylic acid groups (broad SMARTS) is 2. The summed E-state index contributed by atoms with van der Waals surface area (Å²) in [5, 5.41) is 26.0. The summed E-state index contributed by atoms with van der Waals surface area (Å²) >= 11 is 0. The number of carbonyl (C=O) groups excluding carboxylic acids is 3. The van der Waals surface area contributed by atoms with Crippen LogP contribution < -0.4 is 38.9 Å². The summed E-state index contributed by atoms with van der Waals surface area (Å²) < 4.78 is 0. The summed E-state index contributed by atoms with van der Waals surface area (Å²) in [6.07, 6.45) is 0.856. The van der Waals surface area contributed by atoms with Gasteiger partial charge >= 0.3 is 11.9 Å². The number of aliphatic imine (C=N–C) groups is 1. The Kier molecular flexibility index (Phi) is 15.3. The Labute approximate surface area is 232 Å². The monoisotopic (exact) mass is 564 g/mol. The summed E-state index contributed by atoms with van der Waals surface area (Å²) in [4.78, 5) is 65.5. The Morgan fingerprint density at radius 1 is 0.800 bits per heavy atom. The second kappa shape index (κ2) is 18.1. The van der Waals surface area contributed by atoms with E-state index in [1.54, 1.807) is 30.3 Å². The molecule has 222 valence electrons. The number of nitrogens with one attached hydrogen (secondary N) is 3. The fourth-order valence-electron chi connectivity index (χ4n) is 3.69. The molecule has 0 saturated carbocycles. The number of guanidine groups is 1. The quantitative estimate of drug-likeness (QED) is 0.0491. The van der Waals surface area contributed by atoms with Crippen LogP contribution in [0.5, 0.6) is 0 Å². The first-order valence-electron chi connectivity index (χ1n) is 12.8. The molecule has 0 aliphatic rings. The third-order valence-electron chi connectivity index (χ3n) is 5.79. The predicted octanol–water partition coefficient (Wildman–Crippen LogP) is -2.25. The molecule has 1 aromatic rings. The van der Waals surface area contributed by atoms with Crippen molar-refractivity contribution in [3.63, 3.8) is 0 Å². The first kappa shape index (κ1) is 33.8. The third-order valence-corrected chi connectivity index (χ3v) is 5.79. The van der Waals surface area contributed by atoms with Gasteiger partial charge in [-0.2, -0.15) is 0 Å². The van der Waals surface area contributed by atoms with E-state index in [2.05, 4.69) is 20.9 Å². The van der Waals surface area contributed by atoms with E-state index >= 15 is 0 Å². The average Bonchev–Trinajstić information content (AvgIpc) is 2.89. The maximum Gasteiger partial charge on any atom is 0.326 e.